The van der Waals surface area contributed by atoms with Crippen LogP contribution in [0.15, 0.2) is 18.3 Å². The van der Waals surface area contributed by atoms with Gasteiger partial charge in [-0.05, 0) is 18.9 Å². The molecule has 0 fully saturated rings. The number of nitrogens with zero attached hydrogens (tertiary/aromatic N) is 2. The fourth-order valence-electron chi connectivity index (χ4n) is 1.57. The molecule has 0 saturated heterocycles. The molecule has 2 aromatic heterocycles. The monoisotopic (exact) mass is 278 g/mol. The largest absolute Gasteiger partial charge is 0.305 e. The number of H-pyrrole nitrogens is 1. The summed E-state index contributed by atoms with van der Waals surface area (Å²) in [4.78, 5) is 16.1. The van der Waals surface area contributed by atoms with E-state index in [1.807, 2.05) is 20.8 Å². The summed E-state index contributed by atoms with van der Waals surface area (Å²) in [7, 11) is 0. The third-order valence-electron chi connectivity index (χ3n) is 2.70. The van der Waals surface area contributed by atoms with Crippen LogP contribution >= 0.6 is 11.6 Å². The van der Waals surface area contributed by atoms with Crippen LogP contribution in [-0.2, 0) is 0 Å². The highest BCUT2D eigenvalue weighted by Gasteiger charge is 2.13. The van der Waals surface area contributed by atoms with E-state index in [9.17, 15) is 4.79 Å². The molecule has 6 heteroatoms. The fourth-order valence-corrected chi connectivity index (χ4v) is 1.87. The summed E-state index contributed by atoms with van der Waals surface area (Å²) >= 11 is 6.02. The molecule has 0 unspecified atom stereocenters. The first-order chi connectivity index (χ1) is 8.97. The van der Waals surface area contributed by atoms with Crippen LogP contribution < -0.4 is 5.32 Å². The maximum Gasteiger partial charge on any atom is 0.259 e. The molecule has 0 aliphatic rings. The third-order valence-corrected chi connectivity index (χ3v) is 3.01. The highest BCUT2D eigenvalue weighted by molar-refractivity contribution is 6.34. The molecule has 2 rings (SSSR count). The first kappa shape index (κ1) is 13.5. The molecule has 0 aliphatic carbocycles. The van der Waals surface area contributed by atoms with Gasteiger partial charge in [0.1, 0.15) is 0 Å². The van der Waals surface area contributed by atoms with E-state index in [1.165, 1.54) is 6.20 Å². The van der Waals surface area contributed by atoms with E-state index >= 15 is 0 Å². The zero-order chi connectivity index (χ0) is 14.0. The van der Waals surface area contributed by atoms with Crippen LogP contribution in [0.2, 0.25) is 5.02 Å². The van der Waals surface area contributed by atoms with Gasteiger partial charge in [-0.15, -0.1) is 0 Å². The van der Waals surface area contributed by atoms with Crippen molar-refractivity contribution in [1.82, 2.24) is 15.2 Å². The Hall–Kier alpha value is -1.88. The fraction of sp³-hybridized carbons (Fsp3) is 0.308. The predicted octanol–water partition coefficient (Wildman–Crippen LogP) is 3.14. The molecule has 19 heavy (non-hydrogen) atoms. The number of carbonyl (C=O) groups excluding carboxylic acids is 1. The molecular formula is C13H15ClN4O. The van der Waals surface area contributed by atoms with Gasteiger partial charge in [0.2, 0.25) is 0 Å². The SMILES string of the molecule is Cc1cc(Cl)c(C(=O)Nc2cc(C(C)C)[nH]n2)cn1. The Balaban J connectivity index is 2.16. The lowest BCUT2D eigenvalue weighted by molar-refractivity contribution is 0.102. The molecule has 5 nitrogen and oxygen atoms in total. The lowest BCUT2D eigenvalue weighted by Crippen LogP contribution is -2.13. The number of aromatic amines is 1. The van der Waals surface area contributed by atoms with Crippen LogP contribution in [0.5, 0.6) is 0 Å². The van der Waals surface area contributed by atoms with Gasteiger partial charge in [0, 0.05) is 23.7 Å². The molecule has 0 saturated carbocycles. The van der Waals surface area contributed by atoms with Crippen LogP contribution in [0.25, 0.3) is 0 Å². The van der Waals surface area contributed by atoms with Crippen LogP contribution in [0.3, 0.4) is 0 Å². The Morgan fingerprint density at radius 3 is 2.74 bits per heavy atom. The first-order valence-electron chi connectivity index (χ1n) is 5.96. The standard InChI is InChI=1S/C13H15ClN4O/c1-7(2)11-5-12(18-17-11)16-13(19)9-6-15-8(3)4-10(9)14/h4-7H,1-3H3,(H2,16,17,18,19). The van der Waals surface area contributed by atoms with Crippen LogP contribution in [0, 0.1) is 6.92 Å². The number of aryl methyl sites for hydroxylation is 1. The lowest BCUT2D eigenvalue weighted by Gasteiger charge is -2.04. The van der Waals surface area contributed by atoms with Gasteiger partial charge in [0.15, 0.2) is 5.82 Å². The molecule has 2 N–H and O–H groups in total. The zero-order valence-corrected chi connectivity index (χ0v) is 11.7. The Bertz CT molecular complexity index is 606. The van der Waals surface area contributed by atoms with E-state index in [1.54, 1.807) is 12.1 Å². The first-order valence-corrected chi connectivity index (χ1v) is 6.34. The number of anilines is 1. The van der Waals surface area contributed by atoms with E-state index in [0.29, 0.717) is 22.3 Å². The second-order valence-corrected chi connectivity index (χ2v) is 5.03. The topological polar surface area (TPSA) is 70.7 Å². The normalized spacial score (nSPS) is 10.8. The van der Waals surface area contributed by atoms with Gasteiger partial charge >= 0.3 is 0 Å². The molecular weight excluding hydrogens is 264 g/mol. The van der Waals surface area contributed by atoms with Crippen LogP contribution in [0.1, 0.15) is 41.5 Å². The number of rotatable bonds is 3. The highest BCUT2D eigenvalue weighted by Crippen LogP contribution is 2.19. The van der Waals surface area contributed by atoms with Crippen molar-refractivity contribution in [3.63, 3.8) is 0 Å². The molecule has 0 aromatic carbocycles. The van der Waals surface area contributed by atoms with Crippen molar-refractivity contribution in [1.29, 1.82) is 0 Å². The van der Waals surface area contributed by atoms with Crippen molar-refractivity contribution >= 4 is 23.3 Å². The number of amides is 1. The summed E-state index contributed by atoms with van der Waals surface area (Å²) < 4.78 is 0. The van der Waals surface area contributed by atoms with Crippen LogP contribution in [0.4, 0.5) is 5.82 Å². The van der Waals surface area contributed by atoms with E-state index in [2.05, 4.69) is 20.5 Å². The second kappa shape index (κ2) is 5.40. The van der Waals surface area contributed by atoms with Gasteiger partial charge in [-0.3, -0.25) is 14.9 Å². The molecule has 0 radical (unpaired) electrons. The average molecular weight is 279 g/mol. The van der Waals surface area contributed by atoms with E-state index in [-0.39, 0.29) is 5.91 Å². The summed E-state index contributed by atoms with van der Waals surface area (Å²) in [5.41, 5.74) is 2.06. The van der Waals surface area contributed by atoms with Crippen molar-refractivity contribution in [2.45, 2.75) is 26.7 Å². The minimum Gasteiger partial charge on any atom is -0.305 e. The van der Waals surface area contributed by atoms with Gasteiger partial charge < -0.3 is 5.32 Å². The Kier molecular flexibility index (Phi) is 3.85. The van der Waals surface area contributed by atoms with E-state index in [0.717, 1.165) is 11.4 Å². The third kappa shape index (κ3) is 3.12. The predicted molar refractivity (Wildman–Crippen MR) is 74.6 cm³/mol. The summed E-state index contributed by atoms with van der Waals surface area (Å²) in [6.07, 6.45) is 1.46. The van der Waals surface area contributed by atoms with Gasteiger partial charge in [0.25, 0.3) is 5.91 Å². The van der Waals surface area contributed by atoms with Crippen molar-refractivity contribution in [2.24, 2.45) is 0 Å². The Labute approximate surface area is 116 Å². The summed E-state index contributed by atoms with van der Waals surface area (Å²) in [6, 6.07) is 3.46. The minimum atomic E-state index is -0.320. The Morgan fingerprint density at radius 2 is 2.16 bits per heavy atom. The van der Waals surface area contributed by atoms with E-state index < -0.39 is 0 Å². The number of pyridine rings is 1. The molecule has 0 bridgehead atoms. The zero-order valence-electron chi connectivity index (χ0n) is 11.0. The van der Waals surface area contributed by atoms with Crippen LogP contribution in [-0.4, -0.2) is 21.1 Å². The molecule has 0 atom stereocenters. The maximum absolute atomic E-state index is 12.0. The minimum absolute atomic E-state index is 0.320. The number of hydrogen-bond acceptors (Lipinski definition) is 3. The van der Waals surface area contributed by atoms with Gasteiger partial charge in [-0.25, -0.2) is 0 Å². The number of hydrogen-bond donors (Lipinski definition) is 2. The lowest BCUT2D eigenvalue weighted by atomic mass is 10.1. The smallest absolute Gasteiger partial charge is 0.259 e. The molecule has 0 aliphatic heterocycles. The summed E-state index contributed by atoms with van der Waals surface area (Å²) in [6.45, 7) is 5.90. The second-order valence-electron chi connectivity index (χ2n) is 4.62. The quantitative estimate of drug-likeness (QED) is 0.906. The number of nitrogens with one attached hydrogen (secondary N) is 2. The Morgan fingerprint density at radius 1 is 1.42 bits per heavy atom. The van der Waals surface area contributed by atoms with Crippen molar-refractivity contribution < 1.29 is 4.79 Å². The van der Waals surface area contributed by atoms with Gasteiger partial charge in [-0.1, -0.05) is 25.4 Å². The number of aromatic nitrogens is 3. The van der Waals surface area contributed by atoms with Crippen molar-refractivity contribution in [3.05, 3.63) is 40.3 Å². The molecule has 1 amide bonds. The number of carbonyl (C=O) groups is 1. The van der Waals surface area contributed by atoms with Gasteiger partial charge in [-0.2, -0.15) is 5.10 Å². The average Bonchev–Trinajstić information content (AvgIpc) is 2.77. The van der Waals surface area contributed by atoms with Crippen molar-refractivity contribution in [2.75, 3.05) is 5.32 Å². The van der Waals surface area contributed by atoms with E-state index in [4.69, 9.17) is 11.6 Å². The molecule has 2 heterocycles. The summed E-state index contributed by atoms with van der Waals surface area (Å²) in [5.74, 6) is 0.479. The maximum atomic E-state index is 12.0. The number of halogens is 1. The summed E-state index contributed by atoms with van der Waals surface area (Å²) in [5, 5.41) is 9.97. The van der Waals surface area contributed by atoms with Crippen molar-refractivity contribution in [3.8, 4) is 0 Å². The van der Waals surface area contributed by atoms with Gasteiger partial charge in [0.05, 0.1) is 10.6 Å². The molecule has 0 spiro atoms. The molecule has 2 aromatic rings. The highest BCUT2D eigenvalue weighted by atomic mass is 35.5. The molecule has 100 valence electrons.